The molecule has 74 valence electrons. The molecule has 0 aliphatic heterocycles. The van der Waals surface area contributed by atoms with Crippen molar-refractivity contribution in [1.29, 1.82) is 0 Å². The average molecular weight is 253 g/mol. The van der Waals surface area contributed by atoms with Crippen LogP contribution < -0.4 is 5.73 Å². The largest absolute Gasteiger partial charge is 0.397 e. The highest BCUT2D eigenvalue weighted by molar-refractivity contribution is 9.10. The Bertz CT molecular complexity index is 427. The lowest BCUT2D eigenvalue weighted by Gasteiger charge is -2.01. The predicted molar refractivity (Wildman–Crippen MR) is 65.2 cm³/mol. The van der Waals surface area contributed by atoms with Crippen molar-refractivity contribution in [2.45, 2.75) is 13.8 Å². The quantitative estimate of drug-likeness (QED) is 0.778. The Morgan fingerprint density at radius 2 is 1.86 bits per heavy atom. The van der Waals surface area contributed by atoms with E-state index in [1.807, 2.05) is 38.1 Å². The van der Waals surface area contributed by atoms with E-state index < -0.39 is 0 Å². The molecule has 2 N–H and O–H groups in total. The summed E-state index contributed by atoms with van der Waals surface area (Å²) in [5, 5.41) is 1.05. The molecule has 2 nitrogen and oxygen atoms in total. The zero-order valence-corrected chi connectivity index (χ0v) is 9.88. The second kappa shape index (κ2) is 4.96. The number of aromatic nitrogens is 1. The van der Waals surface area contributed by atoms with E-state index in [0.717, 1.165) is 15.4 Å². The lowest BCUT2D eigenvalue weighted by atomic mass is 10.2. The minimum absolute atomic E-state index is 0.675. The molecule has 0 spiro atoms. The first-order chi connectivity index (χ1) is 6.79. The molecule has 1 aromatic heterocycles. The van der Waals surface area contributed by atoms with Gasteiger partial charge in [-0.05, 0) is 22.0 Å². The molecule has 2 rings (SSSR count). The molecular weight excluding hydrogens is 240 g/mol. The number of pyridine rings is 1. The standard InChI is InChI=1S/C9H7BrN2.C2H6/c10-9-6-3-1-2-4-8(6)12-5-7(9)11;1-2/h1-5H,11H2;1-2H3. The van der Waals surface area contributed by atoms with Crippen molar-refractivity contribution in [2.24, 2.45) is 0 Å². The second-order valence-electron chi connectivity index (χ2n) is 2.54. The van der Waals surface area contributed by atoms with E-state index in [0.29, 0.717) is 5.69 Å². The molecule has 0 atom stereocenters. The van der Waals surface area contributed by atoms with Gasteiger partial charge in [-0.3, -0.25) is 4.98 Å². The normalized spacial score (nSPS) is 9.36. The number of hydrogen-bond acceptors (Lipinski definition) is 2. The molecule has 0 saturated heterocycles. The second-order valence-corrected chi connectivity index (χ2v) is 3.34. The molecule has 1 heterocycles. The van der Waals surface area contributed by atoms with Gasteiger partial charge in [-0.2, -0.15) is 0 Å². The third-order valence-electron chi connectivity index (χ3n) is 1.74. The Hall–Kier alpha value is -1.09. The van der Waals surface area contributed by atoms with Crippen LogP contribution in [-0.4, -0.2) is 4.98 Å². The van der Waals surface area contributed by atoms with Crippen molar-refractivity contribution in [1.82, 2.24) is 4.98 Å². The summed E-state index contributed by atoms with van der Waals surface area (Å²) in [5.41, 5.74) is 7.31. The first-order valence-electron chi connectivity index (χ1n) is 4.58. The lowest BCUT2D eigenvalue weighted by molar-refractivity contribution is 1.40. The van der Waals surface area contributed by atoms with Crippen molar-refractivity contribution >= 4 is 32.5 Å². The smallest absolute Gasteiger partial charge is 0.0715 e. The Morgan fingerprint density at radius 1 is 1.21 bits per heavy atom. The van der Waals surface area contributed by atoms with Crippen LogP contribution >= 0.6 is 15.9 Å². The zero-order chi connectivity index (χ0) is 10.6. The number of benzene rings is 1. The summed E-state index contributed by atoms with van der Waals surface area (Å²) >= 11 is 3.42. The molecule has 0 amide bonds. The fourth-order valence-electron chi connectivity index (χ4n) is 1.12. The number of rotatable bonds is 0. The van der Waals surface area contributed by atoms with Gasteiger partial charge in [0.1, 0.15) is 0 Å². The molecular formula is C11H13BrN2. The van der Waals surface area contributed by atoms with E-state index in [1.165, 1.54) is 0 Å². The molecule has 0 saturated carbocycles. The minimum Gasteiger partial charge on any atom is -0.397 e. The first-order valence-corrected chi connectivity index (χ1v) is 5.37. The molecule has 0 aliphatic carbocycles. The number of para-hydroxylation sites is 1. The Morgan fingerprint density at radius 3 is 2.57 bits per heavy atom. The van der Waals surface area contributed by atoms with Crippen LogP contribution in [0.5, 0.6) is 0 Å². The first kappa shape index (κ1) is 11.0. The van der Waals surface area contributed by atoms with E-state index in [9.17, 15) is 0 Å². The van der Waals surface area contributed by atoms with Gasteiger partial charge in [0.05, 0.1) is 21.9 Å². The number of nitrogens with zero attached hydrogens (tertiary/aromatic N) is 1. The van der Waals surface area contributed by atoms with Crippen molar-refractivity contribution in [2.75, 3.05) is 5.73 Å². The molecule has 1 aromatic carbocycles. The third kappa shape index (κ3) is 2.04. The van der Waals surface area contributed by atoms with Crippen molar-refractivity contribution in [3.63, 3.8) is 0 Å². The molecule has 14 heavy (non-hydrogen) atoms. The molecule has 0 unspecified atom stereocenters. The van der Waals surface area contributed by atoms with Gasteiger partial charge >= 0.3 is 0 Å². The monoisotopic (exact) mass is 252 g/mol. The maximum absolute atomic E-state index is 5.68. The SMILES string of the molecule is CC.Nc1cnc2ccccc2c1Br. The zero-order valence-electron chi connectivity index (χ0n) is 8.29. The highest BCUT2D eigenvalue weighted by atomic mass is 79.9. The number of halogens is 1. The van der Waals surface area contributed by atoms with Gasteiger partial charge in [-0.1, -0.05) is 32.0 Å². The van der Waals surface area contributed by atoms with Crippen molar-refractivity contribution < 1.29 is 0 Å². The van der Waals surface area contributed by atoms with Crippen LogP contribution in [0.25, 0.3) is 10.9 Å². The van der Waals surface area contributed by atoms with E-state index in [-0.39, 0.29) is 0 Å². The van der Waals surface area contributed by atoms with Crippen LogP contribution in [0.1, 0.15) is 13.8 Å². The maximum atomic E-state index is 5.68. The van der Waals surface area contributed by atoms with Gasteiger partial charge in [0.25, 0.3) is 0 Å². The number of nitrogens with two attached hydrogens (primary N) is 1. The van der Waals surface area contributed by atoms with E-state index >= 15 is 0 Å². The summed E-state index contributed by atoms with van der Waals surface area (Å²) in [7, 11) is 0. The van der Waals surface area contributed by atoms with Crippen LogP contribution in [0, 0.1) is 0 Å². The summed E-state index contributed by atoms with van der Waals surface area (Å²) in [4.78, 5) is 4.19. The van der Waals surface area contributed by atoms with Gasteiger partial charge in [-0.25, -0.2) is 0 Å². The Kier molecular flexibility index (Phi) is 3.89. The lowest BCUT2D eigenvalue weighted by Crippen LogP contribution is -1.89. The fourth-order valence-corrected chi connectivity index (χ4v) is 1.56. The number of fused-ring (bicyclic) bond motifs is 1. The van der Waals surface area contributed by atoms with E-state index in [1.54, 1.807) is 6.20 Å². The summed E-state index contributed by atoms with van der Waals surface area (Å²) < 4.78 is 0.924. The van der Waals surface area contributed by atoms with Crippen LogP contribution in [0.3, 0.4) is 0 Å². The molecule has 0 bridgehead atoms. The predicted octanol–water partition coefficient (Wildman–Crippen LogP) is 3.61. The molecule has 3 heteroatoms. The summed E-state index contributed by atoms with van der Waals surface area (Å²) in [6, 6.07) is 7.87. The van der Waals surface area contributed by atoms with Crippen LogP contribution in [0.2, 0.25) is 0 Å². The maximum Gasteiger partial charge on any atom is 0.0715 e. The molecule has 0 radical (unpaired) electrons. The minimum atomic E-state index is 0.675. The Balaban J connectivity index is 0.000000461. The third-order valence-corrected chi connectivity index (χ3v) is 2.62. The topological polar surface area (TPSA) is 38.9 Å². The number of hydrogen-bond donors (Lipinski definition) is 1. The van der Waals surface area contributed by atoms with Gasteiger partial charge < -0.3 is 5.73 Å². The van der Waals surface area contributed by atoms with Crippen molar-refractivity contribution in [3.05, 3.63) is 34.9 Å². The molecule has 2 aromatic rings. The Labute approximate surface area is 92.3 Å². The van der Waals surface area contributed by atoms with Gasteiger partial charge in [0.2, 0.25) is 0 Å². The highest BCUT2D eigenvalue weighted by Crippen LogP contribution is 2.26. The average Bonchev–Trinajstić information content (AvgIpc) is 2.27. The van der Waals surface area contributed by atoms with Gasteiger partial charge in [0, 0.05) is 5.39 Å². The number of nitrogen functional groups attached to an aromatic ring is 1. The summed E-state index contributed by atoms with van der Waals surface area (Å²) in [6.07, 6.45) is 1.66. The van der Waals surface area contributed by atoms with Crippen molar-refractivity contribution in [3.8, 4) is 0 Å². The van der Waals surface area contributed by atoms with Crippen LogP contribution in [0.4, 0.5) is 5.69 Å². The summed E-state index contributed by atoms with van der Waals surface area (Å²) in [6.45, 7) is 4.00. The van der Waals surface area contributed by atoms with Gasteiger partial charge in [0.15, 0.2) is 0 Å². The van der Waals surface area contributed by atoms with Gasteiger partial charge in [-0.15, -0.1) is 0 Å². The van der Waals surface area contributed by atoms with E-state index in [2.05, 4.69) is 20.9 Å². The summed E-state index contributed by atoms with van der Waals surface area (Å²) in [5.74, 6) is 0. The highest BCUT2D eigenvalue weighted by Gasteiger charge is 2.01. The molecule has 0 fully saturated rings. The molecule has 0 aliphatic rings. The van der Waals surface area contributed by atoms with E-state index in [4.69, 9.17) is 5.73 Å². The number of anilines is 1. The van der Waals surface area contributed by atoms with Crippen LogP contribution in [0.15, 0.2) is 34.9 Å². The van der Waals surface area contributed by atoms with Crippen LogP contribution in [-0.2, 0) is 0 Å². The fraction of sp³-hybridized carbons (Fsp3) is 0.182.